The Morgan fingerprint density at radius 3 is 2.85 bits per heavy atom. The van der Waals surface area contributed by atoms with Crippen molar-refractivity contribution in [2.45, 2.75) is 31.8 Å². The van der Waals surface area contributed by atoms with E-state index < -0.39 is 0 Å². The first-order valence-corrected chi connectivity index (χ1v) is 8.75. The van der Waals surface area contributed by atoms with E-state index in [-0.39, 0.29) is 0 Å². The molecule has 8 heteroatoms. The van der Waals surface area contributed by atoms with Crippen LogP contribution in [0.15, 0.2) is 30.6 Å². The van der Waals surface area contributed by atoms with E-state index >= 15 is 0 Å². The maximum absolute atomic E-state index is 5.83. The quantitative estimate of drug-likeness (QED) is 0.586. The van der Waals surface area contributed by atoms with Crippen molar-refractivity contribution < 1.29 is 0 Å². The van der Waals surface area contributed by atoms with Crippen LogP contribution in [-0.4, -0.2) is 41.2 Å². The fourth-order valence-corrected chi connectivity index (χ4v) is 3.47. The van der Waals surface area contributed by atoms with Crippen LogP contribution in [0.25, 0.3) is 27.9 Å². The molecule has 4 aromatic rings. The van der Waals surface area contributed by atoms with Crippen LogP contribution >= 0.6 is 0 Å². The van der Waals surface area contributed by atoms with Gasteiger partial charge in [0.25, 0.3) is 0 Å². The summed E-state index contributed by atoms with van der Waals surface area (Å²) in [4.78, 5) is 13.8. The lowest BCUT2D eigenvalue weighted by molar-refractivity contribution is 0.371. The third-order valence-corrected chi connectivity index (χ3v) is 5.14. The van der Waals surface area contributed by atoms with Crippen LogP contribution in [0.2, 0.25) is 0 Å². The molecule has 8 nitrogen and oxygen atoms in total. The number of rotatable bonds is 3. The molecule has 0 bridgehead atoms. The molecule has 1 aliphatic rings. The molecule has 0 aromatic carbocycles. The number of anilines is 1. The van der Waals surface area contributed by atoms with Crippen LogP contribution in [-0.2, 0) is 7.05 Å². The normalized spacial score (nSPS) is 19.8. The number of pyridine rings is 1. The summed E-state index contributed by atoms with van der Waals surface area (Å²) < 4.78 is 3.84. The fraction of sp³-hybridized carbons (Fsp3) is 0.333. The summed E-state index contributed by atoms with van der Waals surface area (Å²) in [7, 11) is 1.98. The zero-order valence-electron chi connectivity index (χ0n) is 14.7. The van der Waals surface area contributed by atoms with E-state index in [0.29, 0.717) is 18.0 Å². The number of aryl methyl sites for hydroxylation is 2. The number of hydrogen-bond donors (Lipinski definition) is 2. The SMILES string of the molecule is Cc1nc2ccc(-c3ccn4nc(N[C@H]5C[C@@H](N)C5)ncc34)nc2n1C. The maximum atomic E-state index is 5.83. The van der Waals surface area contributed by atoms with E-state index in [2.05, 4.69) is 20.4 Å². The highest BCUT2D eigenvalue weighted by Crippen LogP contribution is 2.26. The highest BCUT2D eigenvalue weighted by atomic mass is 15.3. The first kappa shape index (κ1) is 15.3. The van der Waals surface area contributed by atoms with Gasteiger partial charge < -0.3 is 15.6 Å². The molecule has 0 aliphatic heterocycles. The molecule has 1 saturated carbocycles. The number of hydrogen-bond acceptors (Lipinski definition) is 6. The van der Waals surface area contributed by atoms with Gasteiger partial charge in [0.2, 0.25) is 5.95 Å². The average molecular weight is 348 g/mol. The molecule has 0 saturated heterocycles. The van der Waals surface area contributed by atoms with Crippen LogP contribution < -0.4 is 11.1 Å². The molecule has 5 rings (SSSR count). The van der Waals surface area contributed by atoms with Gasteiger partial charge in [-0.3, -0.25) is 0 Å². The Kier molecular flexibility index (Phi) is 3.23. The molecule has 132 valence electrons. The molecule has 0 radical (unpaired) electrons. The van der Waals surface area contributed by atoms with Gasteiger partial charge in [-0.1, -0.05) is 0 Å². The van der Waals surface area contributed by atoms with Gasteiger partial charge in [0.1, 0.15) is 11.3 Å². The van der Waals surface area contributed by atoms with Gasteiger partial charge >= 0.3 is 0 Å². The molecule has 26 heavy (non-hydrogen) atoms. The maximum Gasteiger partial charge on any atom is 0.241 e. The number of fused-ring (bicyclic) bond motifs is 2. The summed E-state index contributed by atoms with van der Waals surface area (Å²) in [6.45, 7) is 1.98. The summed E-state index contributed by atoms with van der Waals surface area (Å²) in [5.41, 5.74) is 10.4. The second-order valence-electron chi connectivity index (χ2n) is 6.97. The fourth-order valence-electron chi connectivity index (χ4n) is 3.47. The van der Waals surface area contributed by atoms with Gasteiger partial charge in [-0.2, -0.15) is 0 Å². The highest BCUT2D eigenvalue weighted by molar-refractivity contribution is 5.82. The minimum absolute atomic E-state index is 0.297. The van der Waals surface area contributed by atoms with Crippen molar-refractivity contribution in [2.24, 2.45) is 12.8 Å². The Hall–Kier alpha value is -3.00. The molecule has 0 spiro atoms. The Balaban J connectivity index is 1.52. The van der Waals surface area contributed by atoms with Gasteiger partial charge in [-0.25, -0.2) is 19.5 Å². The number of nitrogens with one attached hydrogen (secondary N) is 1. The standard InChI is InChI=1S/C18H20N8/c1-10-21-15-4-3-14(23-17(15)25(10)2)13-5-6-26-16(13)9-20-18(24-26)22-12-7-11(19)8-12/h3-6,9,11-12H,7-8,19H2,1-2H3,(H,22,24)/t11-,12+. The molecule has 1 aliphatic carbocycles. The first-order valence-electron chi connectivity index (χ1n) is 8.75. The van der Waals surface area contributed by atoms with Crippen LogP contribution in [0, 0.1) is 6.92 Å². The smallest absolute Gasteiger partial charge is 0.241 e. The molecule has 0 amide bonds. The Morgan fingerprint density at radius 1 is 1.19 bits per heavy atom. The van der Waals surface area contributed by atoms with Crippen molar-refractivity contribution in [3.63, 3.8) is 0 Å². The van der Waals surface area contributed by atoms with E-state index in [9.17, 15) is 0 Å². The second-order valence-corrected chi connectivity index (χ2v) is 6.97. The van der Waals surface area contributed by atoms with Gasteiger partial charge in [-0.05, 0) is 38.0 Å². The molecule has 3 N–H and O–H groups in total. The summed E-state index contributed by atoms with van der Waals surface area (Å²) in [5, 5.41) is 7.89. The molecule has 0 unspecified atom stereocenters. The monoisotopic (exact) mass is 348 g/mol. The predicted octanol–water partition coefficient (Wildman–Crippen LogP) is 1.89. The van der Waals surface area contributed by atoms with Crippen LogP contribution in [0.4, 0.5) is 5.95 Å². The van der Waals surface area contributed by atoms with Crippen LogP contribution in [0.5, 0.6) is 0 Å². The minimum atomic E-state index is 0.297. The minimum Gasteiger partial charge on any atom is -0.350 e. The van der Waals surface area contributed by atoms with E-state index in [1.165, 1.54) is 0 Å². The van der Waals surface area contributed by atoms with Crippen molar-refractivity contribution in [2.75, 3.05) is 5.32 Å². The molecule has 0 atom stereocenters. The van der Waals surface area contributed by atoms with Gasteiger partial charge in [0.15, 0.2) is 5.65 Å². The average Bonchev–Trinajstić information content (AvgIpc) is 3.14. The summed E-state index contributed by atoms with van der Waals surface area (Å²) in [6, 6.07) is 6.68. The topological polar surface area (TPSA) is 98.9 Å². The molecular formula is C18H20N8. The summed E-state index contributed by atoms with van der Waals surface area (Å²) in [6.07, 6.45) is 5.70. The molecule has 4 aromatic heterocycles. The van der Waals surface area contributed by atoms with Crippen molar-refractivity contribution in [1.29, 1.82) is 0 Å². The Morgan fingerprint density at radius 2 is 2.04 bits per heavy atom. The van der Waals surface area contributed by atoms with E-state index in [1.54, 1.807) is 0 Å². The second kappa shape index (κ2) is 5.50. The predicted molar refractivity (Wildman–Crippen MR) is 99.8 cm³/mol. The van der Waals surface area contributed by atoms with Crippen LogP contribution in [0.1, 0.15) is 18.7 Å². The number of imidazole rings is 1. The van der Waals surface area contributed by atoms with Crippen molar-refractivity contribution >= 4 is 22.6 Å². The zero-order chi connectivity index (χ0) is 17.8. The number of nitrogens with two attached hydrogens (primary N) is 1. The molecule has 1 fully saturated rings. The molecule has 4 heterocycles. The number of nitrogens with zero attached hydrogens (tertiary/aromatic N) is 6. The lowest BCUT2D eigenvalue weighted by atomic mass is 9.88. The largest absolute Gasteiger partial charge is 0.350 e. The van der Waals surface area contributed by atoms with Crippen molar-refractivity contribution in [3.8, 4) is 11.3 Å². The third-order valence-electron chi connectivity index (χ3n) is 5.14. The zero-order valence-corrected chi connectivity index (χ0v) is 14.7. The first-order chi connectivity index (χ1) is 12.6. The van der Waals surface area contributed by atoms with E-state index in [4.69, 9.17) is 10.7 Å². The molecular weight excluding hydrogens is 328 g/mol. The van der Waals surface area contributed by atoms with Gasteiger partial charge in [0.05, 0.1) is 17.4 Å². The summed E-state index contributed by atoms with van der Waals surface area (Å²) in [5.74, 6) is 1.57. The lowest BCUT2D eigenvalue weighted by Crippen LogP contribution is -2.44. The lowest BCUT2D eigenvalue weighted by Gasteiger charge is -2.32. The summed E-state index contributed by atoms with van der Waals surface area (Å²) >= 11 is 0. The van der Waals surface area contributed by atoms with Crippen LogP contribution in [0.3, 0.4) is 0 Å². The highest BCUT2D eigenvalue weighted by Gasteiger charge is 2.26. The van der Waals surface area contributed by atoms with E-state index in [1.807, 2.05) is 53.6 Å². The van der Waals surface area contributed by atoms with Gasteiger partial charge in [-0.15, -0.1) is 5.10 Å². The van der Waals surface area contributed by atoms with E-state index in [0.717, 1.165) is 46.6 Å². The Labute approximate surface area is 150 Å². The van der Waals surface area contributed by atoms with Crippen molar-refractivity contribution in [3.05, 3.63) is 36.4 Å². The third kappa shape index (κ3) is 2.33. The Bertz CT molecular complexity index is 1120. The number of aromatic nitrogens is 6. The van der Waals surface area contributed by atoms with Crippen molar-refractivity contribution in [1.82, 2.24) is 29.1 Å². The van der Waals surface area contributed by atoms with Gasteiger partial charge in [0, 0.05) is 30.9 Å².